The summed E-state index contributed by atoms with van der Waals surface area (Å²) in [7, 11) is 0. The summed E-state index contributed by atoms with van der Waals surface area (Å²) >= 11 is 0. The van der Waals surface area contributed by atoms with Crippen LogP contribution in [0.4, 0.5) is 11.4 Å². The summed E-state index contributed by atoms with van der Waals surface area (Å²) in [6.45, 7) is 0. The van der Waals surface area contributed by atoms with Crippen molar-refractivity contribution >= 4 is 29.4 Å². The third-order valence-corrected chi connectivity index (χ3v) is 8.59. The van der Waals surface area contributed by atoms with Crippen molar-refractivity contribution in [3.8, 4) is 11.1 Å². The SMILES string of the molecule is C1=CC(c2ccc3c(c2)NC(C2N=C(c4ccccc4)NC(c4ccccc4)N2)C=C3)Nc2cc(-c3ccccc3)ccc21. The zero-order chi connectivity index (χ0) is 29.3. The van der Waals surface area contributed by atoms with Crippen LogP contribution in [0.3, 0.4) is 0 Å². The molecule has 0 saturated heterocycles. The summed E-state index contributed by atoms with van der Waals surface area (Å²) in [5, 5.41) is 14.9. The highest BCUT2D eigenvalue weighted by molar-refractivity contribution is 5.99. The molecule has 5 aromatic rings. The van der Waals surface area contributed by atoms with E-state index in [1.807, 2.05) is 12.1 Å². The van der Waals surface area contributed by atoms with E-state index in [1.165, 1.54) is 33.4 Å². The van der Waals surface area contributed by atoms with Gasteiger partial charge in [0.1, 0.15) is 18.2 Å². The maximum absolute atomic E-state index is 5.15. The monoisotopic (exact) mass is 571 g/mol. The van der Waals surface area contributed by atoms with E-state index < -0.39 is 0 Å². The van der Waals surface area contributed by atoms with Gasteiger partial charge in [-0.1, -0.05) is 140 Å². The fraction of sp³-hybridized carbons (Fsp3) is 0.103. The molecule has 0 saturated carbocycles. The van der Waals surface area contributed by atoms with Crippen molar-refractivity contribution < 1.29 is 0 Å². The summed E-state index contributed by atoms with van der Waals surface area (Å²) in [6, 6.07) is 44.8. The van der Waals surface area contributed by atoms with Gasteiger partial charge in [0.15, 0.2) is 0 Å². The molecule has 0 amide bonds. The zero-order valence-corrected chi connectivity index (χ0v) is 24.2. The second kappa shape index (κ2) is 11.4. The number of fused-ring (bicyclic) bond motifs is 2. The van der Waals surface area contributed by atoms with Gasteiger partial charge in [-0.15, -0.1) is 0 Å². The lowest BCUT2D eigenvalue weighted by atomic mass is 9.94. The molecule has 5 aromatic carbocycles. The molecular formula is C39H33N5. The van der Waals surface area contributed by atoms with Crippen LogP contribution in [-0.4, -0.2) is 18.0 Å². The van der Waals surface area contributed by atoms with Gasteiger partial charge in [0.2, 0.25) is 0 Å². The Morgan fingerprint density at radius 3 is 1.93 bits per heavy atom. The summed E-state index contributed by atoms with van der Waals surface area (Å²) in [5.74, 6) is 0.892. The van der Waals surface area contributed by atoms with Crippen LogP contribution in [0, 0.1) is 0 Å². The van der Waals surface area contributed by atoms with E-state index in [-0.39, 0.29) is 24.4 Å². The van der Waals surface area contributed by atoms with Gasteiger partial charge < -0.3 is 16.0 Å². The maximum Gasteiger partial charge on any atom is 0.131 e. The predicted octanol–water partition coefficient (Wildman–Crippen LogP) is 8.01. The molecule has 214 valence electrons. The molecule has 0 radical (unpaired) electrons. The van der Waals surface area contributed by atoms with Gasteiger partial charge in [-0.2, -0.15) is 0 Å². The van der Waals surface area contributed by atoms with Crippen molar-refractivity contribution in [2.75, 3.05) is 10.6 Å². The van der Waals surface area contributed by atoms with Gasteiger partial charge in [0.05, 0.1) is 12.1 Å². The van der Waals surface area contributed by atoms with Crippen molar-refractivity contribution in [3.63, 3.8) is 0 Å². The Morgan fingerprint density at radius 1 is 0.500 bits per heavy atom. The van der Waals surface area contributed by atoms with E-state index in [0.29, 0.717) is 0 Å². The van der Waals surface area contributed by atoms with Crippen molar-refractivity contribution in [2.24, 2.45) is 4.99 Å². The van der Waals surface area contributed by atoms with Gasteiger partial charge in [-0.05, 0) is 45.5 Å². The molecule has 5 nitrogen and oxygen atoms in total. The molecule has 4 N–H and O–H groups in total. The van der Waals surface area contributed by atoms with Crippen molar-refractivity contribution in [3.05, 3.63) is 167 Å². The minimum atomic E-state index is -0.166. The smallest absolute Gasteiger partial charge is 0.131 e. The molecule has 0 bridgehead atoms. The number of nitrogens with one attached hydrogen (secondary N) is 4. The standard InChI is InChI=1S/C39H33N5/c1-4-10-26(11-5-1)31-18-16-27-20-22-33(40-35(27)24-31)32-19-17-28-21-23-34(41-36(28)25-32)39-43-37(29-12-6-2-7-13-29)42-38(44-39)30-14-8-3-9-15-30/h1-25,33-34,37,39-41,43H,(H,42,44). The van der Waals surface area contributed by atoms with Crippen molar-refractivity contribution in [1.82, 2.24) is 10.6 Å². The number of amidine groups is 1. The van der Waals surface area contributed by atoms with Crippen LogP contribution in [0.2, 0.25) is 0 Å². The van der Waals surface area contributed by atoms with Gasteiger partial charge in [-0.3, -0.25) is 5.32 Å². The highest BCUT2D eigenvalue weighted by atomic mass is 15.3. The normalized spacial score (nSPS) is 21.6. The van der Waals surface area contributed by atoms with Crippen LogP contribution >= 0.6 is 0 Å². The number of hydrogen-bond acceptors (Lipinski definition) is 5. The Balaban J connectivity index is 1.05. The lowest BCUT2D eigenvalue weighted by molar-refractivity contribution is 0.387. The van der Waals surface area contributed by atoms with Crippen molar-refractivity contribution in [1.29, 1.82) is 0 Å². The molecule has 44 heavy (non-hydrogen) atoms. The number of hydrogen-bond donors (Lipinski definition) is 4. The molecule has 4 atom stereocenters. The second-order valence-corrected chi connectivity index (χ2v) is 11.5. The lowest BCUT2D eigenvalue weighted by Gasteiger charge is -2.36. The Kier molecular flexibility index (Phi) is 6.78. The van der Waals surface area contributed by atoms with Crippen LogP contribution < -0.4 is 21.3 Å². The fourth-order valence-corrected chi connectivity index (χ4v) is 6.23. The molecule has 8 rings (SSSR count). The number of nitrogens with zero attached hydrogens (tertiary/aromatic N) is 1. The quantitative estimate of drug-likeness (QED) is 0.173. The van der Waals surface area contributed by atoms with E-state index in [0.717, 1.165) is 22.8 Å². The second-order valence-electron chi connectivity index (χ2n) is 11.5. The third kappa shape index (κ3) is 5.19. The van der Waals surface area contributed by atoms with Crippen LogP contribution in [-0.2, 0) is 0 Å². The number of aliphatic imine (C=N–C) groups is 1. The first kappa shape index (κ1) is 26.3. The highest BCUT2D eigenvalue weighted by Crippen LogP contribution is 2.36. The minimum Gasteiger partial charge on any atom is -0.375 e. The zero-order valence-electron chi connectivity index (χ0n) is 24.2. The Bertz CT molecular complexity index is 1880. The highest BCUT2D eigenvalue weighted by Gasteiger charge is 2.30. The van der Waals surface area contributed by atoms with E-state index in [2.05, 4.69) is 161 Å². The topological polar surface area (TPSA) is 60.5 Å². The minimum absolute atomic E-state index is 0.0196. The predicted molar refractivity (Wildman–Crippen MR) is 182 cm³/mol. The van der Waals surface area contributed by atoms with Crippen molar-refractivity contribution in [2.45, 2.75) is 24.4 Å². The molecule has 3 heterocycles. The van der Waals surface area contributed by atoms with E-state index in [4.69, 9.17) is 4.99 Å². The number of benzene rings is 5. The van der Waals surface area contributed by atoms with Gasteiger partial charge in [0, 0.05) is 16.9 Å². The molecule has 0 spiro atoms. The number of anilines is 2. The van der Waals surface area contributed by atoms with Crippen LogP contribution in [0.1, 0.15) is 40.0 Å². The first-order valence-corrected chi connectivity index (χ1v) is 15.2. The summed E-state index contributed by atoms with van der Waals surface area (Å²) < 4.78 is 0. The summed E-state index contributed by atoms with van der Waals surface area (Å²) in [6.07, 6.45) is 8.68. The molecule has 4 unspecified atom stereocenters. The first-order chi connectivity index (χ1) is 21.8. The molecule has 3 aliphatic heterocycles. The molecule has 0 aliphatic carbocycles. The Hall–Kier alpha value is -5.39. The fourth-order valence-electron chi connectivity index (χ4n) is 6.23. The lowest BCUT2D eigenvalue weighted by Crippen LogP contribution is -2.54. The number of rotatable bonds is 5. The van der Waals surface area contributed by atoms with E-state index in [9.17, 15) is 0 Å². The summed E-state index contributed by atoms with van der Waals surface area (Å²) in [5.41, 5.74) is 10.5. The Morgan fingerprint density at radius 2 is 1.16 bits per heavy atom. The Labute approximate surface area is 258 Å². The molecular weight excluding hydrogens is 538 g/mol. The maximum atomic E-state index is 5.15. The van der Waals surface area contributed by atoms with E-state index >= 15 is 0 Å². The average Bonchev–Trinajstić information content (AvgIpc) is 3.11. The molecule has 0 fully saturated rings. The van der Waals surface area contributed by atoms with Gasteiger partial charge in [-0.25, -0.2) is 4.99 Å². The van der Waals surface area contributed by atoms with Crippen LogP contribution in [0.25, 0.3) is 23.3 Å². The molecule has 3 aliphatic rings. The largest absolute Gasteiger partial charge is 0.375 e. The first-order valence-electron chi connectivity index (χ1n) is 15.2. The molecule has 0 aromatic heterocycles. The third-order valence-electron chi connectivity index (χ3n) is 8.59. The van der Waals surface area contributed by atoms with Gasteiger partial charge >= 0.3 is 0 Å². The van der Waals surface area contributed by atoms with Gasteiger partial charge in [0.25, 0.3) is 0 Å². The summed E-state index contributed by atoms with van der Waals surface area (Å²) in [4.78, 5) is 5.15. The molecule has 5 heteroatoms. The average molecular weight is 572 g/mol. The van der Waals surface area contributed by atoms with Crippen LogP contribution in [0.5, 0.6) is 0 Å². The van der Waals surface area contributed by atoms with Crippen LogP contribution in [0.15, 0.2) is 145 Å². The van der Waals surface area contributed by atoms with E-state index in [1.54, 1.807) is 0 Å².